The second kappa shape index (κ2) is 5.87. The Morgan fingerprint density at radius 1 is 1.39 bits per heavy atom. The van der Waals surface area contributed by atoms with Crippen LogP contribution in [-0.2, 0) is 0 Å². The van der Waals surface area contributed by atoms with Crippen LogP contribution >= 0.6 is 15.9 Å². The number of nitrogens with zero attached hydrogens (tertiary/aromatic N) is 3. The summed E-state index contributed by atoms with van der Waals surface area (Å²) >= 11 is 3.55. The molecule has 18 heavy (non-hydrogen) atoms. The fourth-order valence-electron chi connectivity index (χ4n) is 2.76. The molecule has 1 heterocycles. The predicted molar refractivity (Wildman–Crippen MR) is 79.1 cm³/mol. The third kappa shape index (κ3) is 2.76. The molecule has 0 radical (unpaired) electrons. The van der Waals surface area contributed by atoms with Gasteiger partial charge in [0.15, 0.2) is 0 Å². The molecule has 1 aliphatic rings. The lowest BCUT2D eigenvalue weighted by Crippen LogP contribution is -2.39. The van der Waals surface area contributed by atoms with Crippen molar-refractivity contribution in [2.75, 3.05) is 24.3 Å². The van der Waals surface area contributed by atoms with E-state index >= 15 is 0 Å². The van der Waals surface area contributed by atoms with Crippen LogP contribution in [0.4, 0.5) is 11.8 Å². The van der Waals surface area contributed by atoms with Crippen molar-refractivity contribution in [3.05, 3.63) is 10.7 Å². The minimum atomic E-state index is 0.578. The van der Waals surface area contributed by atoms with Gasteiger partial charge in [0.25, 0.3) is 0 Å². The quantitative estimate of drug-likeness (QED) is 0.929. The summed E-state index contributed by atoms with van der Waals surface area (Å²) in [5, 5.41) is 2.99. The molecule has 1 saturated carbocycles. The molecule has 1 N–H and O–H groups in total. The van der Waals surface area contributed by atoms with Crippen LogP contribution in [0.15, 0.2) is 10.7 Å². The number of hydrogen-bond acceptors (Lipinski definition) is 4. The van der Waals surface area contributed by atoms with Gasteiger partial charge >= 0.3 is 0 Å². The molecular formula is C13H21BrN4. The summed E-state index contributed by atoms with van der Waals surface area (Å²) in [4.78, 5) is 11.1. The fourth-order valence-corrected chi connectivity index (χ4v) is 3.23. The monoisotopic (exact) mass is 312 g/mol. The molecule has 0 aromatic carbocycles. The van der Waals surface area contributed by atoms with E-state index in [0.29, 0.717) is 12.0 Å². The van der Waals surface area contributed by atoms with Gasteiger partial charge in [-0.3, -0.25) is 0 Å². The maximum Gasteiger partial charge on any atom is 0.224 e. The first kappa shape index (κ1) is 13.6. The van der Waals surface area contributed by atoms with Crippen molar-refractivity contribution in [3.8, 4) is 0 Å². The lowest BCUT2D eigenvalue weighted by atomic mass is 9.85. The van der Waals surface area contributed by atoms with Crippen LogP contribution in [0.25, 0.3) is 0 Å². The SMILES string of the molecule is CNc1ncc(Br)c(N(C)C2CCCCC2C)n1. The molecule has 1 aromatic rings. The number of rotatable bonds is 3. The van der Waals surface area contributed by atoms with E-state index in [-0.39, 0.29) is 0 Å². The normalized spacial score (nSPS) is 23.8. The lowest BCUT2D eigenvalue weighted by molar-refractivity contribution is 0.320. The van der Waals surface area contributed by atoms with Crippen LogP contribution in [-0.4, -0.2) is 30.1 Å². The first-order chi connectivity index (χ1) is 8.63. The maximum atomic E-state index is 4.56. The maximum absolute atomic E-state index is 4.56. The van der Waals surface area contributed by atoms with Gasteiger partial charge in [0.1, 0.15) is 5.82 Å². The number of aromatic nitrogens is 2. The summed E-state index contributed by atoms with van der Waals surface area (Å²) in [5.74, 6) is 2.38. The van der Waals surface area contributed by atoms with Crippen molar-refractivity contribution in [3.63, 3.8) is 0 Å². The van der Waals surface area contributed by atoms with E-state index in [1.807, 2.05) is 13.2 Å². The molecule has 1 aromatic heterocycles. The highest BCUT2D eigenvalue weighted by Crippen LogP contribution is 2.32. The Morgan fingerprint density at radius 3 is 2.78 bits per heavy atom. The van der Waals surface area contributed by atoms with Gasteiger partial charge in [0.05, 0.1) is 4.47 Å². The minimum Gasteiger partial charge on any atom is -0.357 e. The Bertz CT molecular complexity index is 410. The lowest BCUT2D eigenvalue weighted by Gasteiger charge is -2.37. The van der Waals surface area contributed by atoms with Crippen molar-refractivity contribution < 1.29 is 0 Å². The fraction of sp³-hybridized carbons (Fsp3) is 0.692. The molecule has 2 unspecified atom stereocenters. The zero-order valence-corrected chi connectivity index (χ0v) is 12.9. The van der Waals surface area contributed by atoms with E-state index in [1.165, 1.54) is 25.7 Å². The zero-order chi connectivity index (χ0) is 13.1. The predicted octanol–water partition coefficient (Wildman–Crippen LogP) is 3.30. The smallest absolute Gasteiger partial charge is 0.224 e. The second-order valence-corrected chi connectivity index (χ2v) is 5.91. The van der Waals surface area contributed by atoms with Gasteiger partial charge in [0.2, 0.25) is 5.95 Å². The number of hydrogen-bond donors (Lipinski definition) is 1. The minimum absolute atomic E-state index is 0.578. The Labute approximate surface area is 117 Å². The summed E-state index contributed by atoms with van der Waals surface area (Å²) in [5.41, 5.74) is 0. The molecule has 1 fully saturated rings. The first-order valence-electron chi connectivity index (χ1n) is 6.56. The highest BCUT2D eigenvalue weighted by molar-refractivity contribution is 9.10. The topological polar surface area (TPSA) is 41.1 Å². The molecule has 0 aliphatic heterocycles. The van der Waals surface area contributed by atoms with Gasteiger partial charge in [-0.15, -0.1) is 0 Å². The largest absolute Gasteiger partial charge is 0.357 e. The molecule has 100 valence electrons. The molecule has 1 aliphatic carbocycles. The van der Waals surface area contributed by atoms with Gasteiger partial charge in [-0.05, 0) is 34.7 Å². The van der Waals surface area contributed by atoms with Crippen LogP contribution in [0.1, 0.15) is 32.6 Å². The van der Waals surface area contributed by atoms with E-state index in [4.69, 9.17) is 0 Å². The van der Waals surface area contributed by atoms with E-state index in [1.54, 1.807) is 0 Å². The summed E-state index contributed by atoms with van der Waals surface area (Å²) in [6, 6.07) is 0.578. The standard InChI is InChI=1S/C13H21BrN4/c1-9-6-4-5-7-11(9)18(3)12-10(14)8-16-13(15-2)17-12/h8-9,11H,4-7H2,1-3H3,(H,15,16,17). The van der Waals surface area contributed by atoms with Crippen molar-refractivity contribution in [1.29, 1.82) is 0 Å². The first-order valence-corrected chi connectivity index (χ1v) is 7.36. The molecule has 2 rings (SSSR count). The molecule has 0 spiro atoms. The third-order valence-corrected chi connectivity index (χ3v) is 4.41. The Kier molecular flexibility index (Phi) is 4.43. The third-order valence-electron chi connectivity index (χ3n) is 3.85. The van der Waals surface area contributed by atoms with E-state index in [9.17, 15) is 0 Å². The van der Waals surface area contributed by atoms with Gasteiger partial charge in [-0.2, -0.15) is 4.98 Å². The van der Waals surface area contributed by atoms with Crippen LogP contribution in [0.5, 0.6) is 0 Å². The summed E-state index contributed by atoms with van der Waals surface area (Å²) in [6.07, 6.45) is 7.07. The Balaban J connectivity index is 2.23. The highest BCUT2D eigenvalue weighted by Gasteiger charge is 2.27. The number of anilines is 2. The van der Waals surface area contributed by atoms with Crippen molar-refractivity contribution in [2.45, 2.75) is 38.6 Å². The second-order valence-electron chi connectivity index (χ2n) is 5.06. The Morgan fingerprint density at radius 2 is 2.11 bits per heavy atom. The molecular weight excluding hydrogens is 292 g/mol. The van der Waals surface area contributed by atoms with Crippen LogP contribution in [0, 0.1) is 5.92 Å². The van der Waals surface area contributed by atoms with Crippen LogP contribution in [0.3, 0.4) is 0 Å². The molecule has 4 nitrogen and oxygen atoms in total. The average Bonchev–Trinajstić information content (AvgIpc) is 2.39. The molecule has 0 bridgehead atoms. The molecule has 2 atom stereocenters. The van der Waals surface area contributed by atoms with Crippen LogP contribution in [0.2, 0.25) is 0 Å². The average molecular weight is 313 g/mol. The van der Waals surface area contributed by atoms with E-state index in [2.05, 4.69) is 50.1 Å². The van der Waals surface area contributed by atoms with Crippen molar-refractivity contribution in [2.24, 2.45) is 5.92 Å². The number of nitrogens with one attached hydrogen (secondary N) is 1. The van der Waals surface area contributed by atoms with Crippen molar-refractivity contribution in [1.82, 2.24) is 9.97 Å². The van der Waals surface area contributed by atoms with Gasteiger partial charge in [-0.1, -0.05) is 19.8 Å². The van der Waals surface area contributed by atoms with Gasteiger partial charge in [0, 0.05) is 26.3 Å². The van der Waals surface area contributed by atoms with Gasteiger partial charge in [-0.25, -0.2) is 4.98 Å². The van der Waals surface area contributed by atoms with Gasteiger partial charge < -0.3 is 10.2 Å². The summed E-state index contributed by atoms with van der Waals surface area (Å²) in [7, 11) is 3.98. The summed E-state index contributed by atoms with van der Waals surface area (Å²) in [6.45, 7) is 2.34. The molecule has 0 amide bonds. The number of halogens is 1. The Hall–Kier alpha value is -0.840. The highest BCUT2D eigenvalue weighted by atomic mass is 79.9. The zero-order valence-electron chi connectivity index (χ0n) is 11.3. The van der Waals surface area contributed by atoms with Crippen LogP contribution < -0.4 is 10.2 Å². The molecule has 0 saturated heterocycles. The van der Waals surface area contributed by atoms with E-state index in [0.717, 1.165) is 16.2 Å². The molecule has 5 heteroatoms. The van der Waals surface area contributed by atoms with Crippen molar-refractivity contribution >= 4 is 27.7 Å². The summed E-state index contributed by atoms with van der Waals surface area (Å²) < 4.78 is 0.960. The van der Waals surface area contributed by atoms with E-state index < -0.39 is 0 Å².